The maximum absolute atomic E-state index is 11.9. The van der Waals surface area contributed by atoms with Gasteiger partial charge >= 0.3 is 5.97 Å². The molecule has 1 aliphatic rings. The van der Waals surface area contributed by atoms with Crippen molar-refractivity contribution in [3.63, 3.8) is 0 Å². The summed E-state index contributed by atoms with van der Waals surface area (Å²) in [5.74, 6) is 0.938. The molecule has 0 spiro atoms. The number of likely N-dealkylation sites (tertiary alicyclic amines) is 1. The number of ether oxygens (including phenoxy) is 2. The number of guanidine groups is 1. The smallest absolute Gasteiger partial charge is 0.328 e. The number of benzene rings is 1. The number of carbonyl (C=O) groups excluding carboxylic acids is 1. The molecule has 1 fully saturated rings. The quantitative estimate of drug-likeness (QED) is 0.451. The number of hydrogen-bond donors (Lipinski definition) is 1. The topological polar surface area (TPSA) is 63.2 Å². The summed E-state index contributed by atoms with van der Waals surface area (Å²) in [5, 5.41) is 3.27. The monoisotopic (exact) mass is 375 g/mol. The van der Waals surface area contributed by atoms with Gasteiger partial charge in [0.25, 0.3) is 0 Å². The highest BCUT2D eigenvalue weighted by molar-refractivity contribution is 5.83. The van der Waals surface area contributed by atoms with Crippen LogP contribution < -0.4 is 5.32 Å². The van der Waals surface area contributed by atoms with Gasteiger partial charge in [0.1, 0.15) is 12.1 Å². The van der Waals surface area contributed by atoms with Crippen LogP contribution >= 0.6 is 0 Å². The molecule has 6 heteroatoms. The summed E-state index contributed by atoms with van der Waals surface area (Å²) < 4.78 is 11.2. The van der Waals surface area contributed by atoms with Gasteiger partial charge in [-0.05, 0) is 39.7 Å². The Balaban J connectivity index is 1.80. The molecule has 0 saturated carbocycles. The van der Waals surface area contributed by atoms with Crippen LogP contribution in [0.4, 0.5) is 0 Å². The molecule has 1 N–H and O–H groups in total. The lowest BCUT2D eigenvalue weighted by Crippen LogP contribution is -2.41. The van der Waals surface area contributed by atoms with E-state index in [0.29, 0.717) is 12.5 Å². The van der Waals surface area contributed by atoms with Crippen molar-refractivity contribution in [1.29, 1.82) is 0 Å². The Labute approximate surface area is 162 Å². The van der Waals surface area contributed by atoms with Gasteiger partial charge in [0.2, 0.25) is 0 Å². The van der Waals surface area contributed by atoms with Gasteiger partial charge in [-0.1, -0.05) is 30.3 Å². The highest BCUT2D eigenvalue weighted by Gasteiger charge is 2.25. The molecule has 1 aliphatic heterocycles. The number of nitrogens with zero attached hydrogens (tertiary/aromatic N) is 2. The molecule has 0 radical (unpaired) electrons. The van der Waals surface area contributed by atoms with Crippen molar-refractivity contribution < 1.29 is 14.3 Å². The molecule has 0 aliphatic carbocycles. The lowest BCUT2D eigenvalue weighted by Gasteiger charge is -2.22. The predicted octanol–water partition coefficient (Wildman–Crippen LogP) is 2.83. The number of aliphatic imine (C=N–C) groups is 1. The summed E-state index contributed by atoms with van der Waals surface area (Å²) in [6, 6.07) is 10.2. The minimum atomic E-state index is -0.486. The first kappa shape index (κ1) is 21.2. The molecule has 0 aromatic heterocycles. The van der Waals surface area contributed by atoms with Crippen molar-refractivity contribution in [1.82, 2.24) is 10.2 Å². The SMILES string of the molecule is CCNC(=NCC(=O)OC(C)(C)C)N1CCC(COCc2ccccc2)C1. The van der Waals surface area contributed by atoms with Crippen LogP contribution in [-0.4, -0.2) is 55.2 Å². The molecule has 0 amide bonds. The number of hydrogen-bond acceptors (Lipinski definition) is 4. The van der Waals surface area contributed by atoms with Gasteiger partial charge in [-0.15, -0.1) is 0 Å². The Hall–Kier alpha value is -2.08. The van der Waals surface area contributed by atoms with E-state index in [1.54, 1.807) is 0 Å². The fourth-order valence-electron chi connectivity index (χ4n) is 3.02. The van der Waals surface area contributed by atoms with Crippen LogP contribution in [0.5, 0.6) is 0 Å². The van der Waals surface area contributed by atoms with Gasteiger partial charge in [0.15, 0.2) is 5.96 Å². The first-order valence-electron chi connectivity index (χ1n) is 9.74. The lowest BCUT2D eigenvalue weighted by molar-refractivity contribution is -0.152. The van der Waals surface area contributed by atoms with Crippen molar-refractivity contribution >= 4 is 11.9 Å². The third-order valence-corrected chi connectivity index (χ3v) is 4.16. The number of rotatable bonds is 7. The Morgan fingerprint density at radius 2 is 2.04 bits per heavy atom. The second-order valence-electron chi connectivity index (χ2n) is 7.86. The van der Waals surface area contributed by atoms with E-state index in [4.69, 9.17) is 9.47 Å². The summed E-state index contributed by atoms with van der Waals surface area (Å²) in [5.41, 5.74) is 0.708. The molecule has 0 bridgehead atoms. The van der Waals surface area contributed by atoms with E-state index in [0.717, 1.165) is 38.6 Å². The minimum absolute atomic E-state index is 0.0330. The van der Waals surface area contributed by atoms with Crippen LogP contribution in [0.2, 0.25) is 0 Å². The van der Waals surface area contributed by atoms with E-state index in [1.165, 1.54) is 5.56 Å². The molecule has 1 aromatic carbocycles. The zero-order chi connectivity index (χ0) is 19.7. The van der Waals surface area contributed by atoms with E-state index in [-0.39, 0.29) is 12.5 Å². The first-order valence-corrected chi connectivity index (χ1v) is 9.74. The van der Waals surface area contributed by atoms with Crippen molar-refractivity contribution in [3.05, 3.63) is 35.9 Å². The highest BCUT2D eigenvalue weighted by Crippen LogP contribution is 2.17. The second kappa shape index (κ2) is 10.3. The molecule has 1 unspecified atom stereocenters. The molecular formula is C21H33N3O3. The summed E-state index contributed by atoms with van der Waals surface area (Å²) in [4.78, 5) is 18.6. The van der Waals surface area contributed by atoms with E-state index < -0.39 is 5.60 Å². The summed E-state index contributed by atoms with van der Waals surface area (Å²) >= 11 is 0. The van der Waals surface area contributed by atoms with Crippen molar-refractivity contribution in [3.8, 4) is 0 Å². The Morgan fingerprint density at radius 3 is 2.70 bits per heavy atom. The van der Waals surface area contributed by atoms with Crippen LogP contribution in [0.3, 0.4) is 0 Å². The van der Waals surface area contributed by atoms with Crippen molar-refractivity contribution in [2.75, 3.05) is 32.8 Å². The van der Waals surface area contributed by atoms with E-state index >= 15 is 0 Å². The first-order chi connectivity index (χ1) is 12.9. The van der Waals surface area contributed by atoms with Crippen molar-refractivity contribution in [2.24, 2.45) is 10.9 Å². The zero-order valence-electron chi connectivity index (χ0n) is 17.0. The van der Waals surface area contributed by atoms with Crippen LogP contribution in [0.1, 0.15) is 39.7 Å². The van der Waals surface area contributed by atoms with Gasteiger partial charge in [-0.25, -0.2) is 4.99 Å². The summed E-state index contributed by atoms with van der Waals surface area (Å²) in [6.45, 7) is 11.6. The lowest BCUT2D eigenvalue weighted by atomic mass is 10.1. The van der Waals surface area contributed by atoms with Crippen LogP contribution in [0.15, 0.2) is 35.3 Å². The predicted molar refractivity (Wildman–Crippen MR) is 108 cm³/mol. The minimum Gasteiger partial charge on any atom is -0.459 e. The third-order valence-electron chi connectivity index (χ3n) is 4.16. The normalized spacial score (nSPS) is 17.9. The molecule has 150 valence electrons. The Bertz CT molecular complexity index is 611. The number of carbonyl (C=O) groups is 1. The Kier molecular flexibility index (Phi) is 8.10. The van der Waals surface area contributed by atoms with E-state index in [2.05, 4.69) is 27.3 Å². The van der Waals surface area contributed by atoms with Gasteiger partial charge < -0.3 is 19.7 Å². The Morgan fingerprint density at radius 1 is 1.30 bits per heavy atom. The molecule has 1 saturated heterocycles. The molecule has 1 heterocycles. The van der Waals surface area contributed by atoms with Gasteiger partial charge in [0.05, 0.1) is 13.2 Å². The number of esters is 1. The molecule has 27 heavy (non-hydrogen) atoms. The van der Waals surface area contributed by atoms with E-state index in [1.807, 2.05) is 45.9 Å². The second-order valence-corrected chi connectivity index (χ2v) is 7.86. The highest BCUT2D eigenvalue weighted by atomic mass is 16.6. The van der Waals surface area contributed by atoms with Crippen LogP contribution in [0.25, 0.3) is 0 Å². The fourth-order valence-corrected chi connectivity index (χ4v) is 3.02. The average Bonchev–Trinajstić information content (AvgIpc) is 3.07. The van der Waals surface area contributed by atoms with Crippen LogP contribution in [0, 0.1) is 5.92 Å². The van der Waals surface area contributed by atoms with Crippen LogP contribution in [-0.2, 0) is 20.9 Å². The standard InChI is InChI=1S/C21H33N3O3/c1-5-22-20(23-13-19(25)27-21(2,3)4)24-12-11-18(14-24)16-26-15-17-9-7-6-8-10-17/h6-10,18H,5,11-16H2,1-4H3,(H,22,23). The fraction of sp³-hybridized carbons (Fsp3) is 0.619. The molecule has 1 aromatic rings. The maximum atomic E-state index is 11.9. The molecule has 1 atom stereocenters. The summed E-state index contributed by atoms with van der Waals surface area (Å²) in [7, 11) is 0. The number of nitrogens with one attached hydrogen (secondary N) is 1. The molecular weight excluding hydrogens is 342 g/mol. The average molecular weight is 376 g/mol. The van der Waals surface area contributed by atoms with E-state index in [9.17, 15) is 4.79 Å². The zero-order valence-corrected chi connectivity index (χ0v) is 17.0. The summed E-state index contributed by atoms with van der Waals surface area (Å²) in [6.07, 6.45) is 1.06. The third kappa shape index (κ3) is 7.99. The van der Waals surface area contributed by atoms with Gasteiger partial charge in [-0.2, -0.15) is 0 Å². The molecule has 6 nitrogen and oxygen atoms in total. The largest absolute Gasteiger partial charge is 0.459 e. The van der Waals surface area contributed by atoms with Gasteiger partial charge in [-0.3, -0.25) is 4.79 Å². The van der Waals surface area contributed by atoms with Crippen molar-refractivity contribution in [2.45, 2.75) is 46.3 Å². The maximum Gasteiger partial charge on any atom is 0.328 e. The molecule has 2 rings (SSSR count). The van der Waals surface area contributed by atoms with Gasteiger partial charge in [0, 0.05) is 25.6 Å².